The highest BCUT2D eigenvalue weighted by atomic mass is 19.3. The Morgan fingerprint density at radius 2 is 2.16 bits per heavy atom. The van der Waals surface area contributed by atoms with Gasteiger partial charge in [0.25, 0.3) is 12.3 Å². The molecule has 0 fully saturated rings. The first-order valence-electron chi connectivity index (χ1n) is 5.51. The van der Waals surface area contributed by atoms with E-state index in [0.717, 1.165) is 0 Å². The van der Waals surface area contributed by atoms with Crippen molar-refractivity contribution in [3.63, 3.8) is 0 Å². The largest absolute Gasteiger partial charge is 0.451 e. The number of nitrogen functional groups attached to an aromatic ring is 1. The van der Waals surface area contributed by atoms with E-state index < -0.39 is 25.0 Å². The normalized spacial score (nSPS) is 12.8. The average molecular weight is 270 g/mol. The number of amides is 1. The SMILES string of the molecule is Nc1ccc2oc(C(=O)NCC(O)C(F)F)cc2c1. The van der Waals surface area contributed by atoms with Crippen molar-refractivity contribution in [2.24, 2.45) is 0 Å². The monoisotopic (exact) mass is 270 g/mol. The molecule has 0 saturated heterocycles. The van der Waals surface area contributed by atoms with E-state index in [9.17, 15) is 13.6 Å². The van der Waals surface area contributed by atoms with Crippen molar-refractivity contribution in [1.29, 1.82) is 0 Å². The zero-order valence-electron chi connectivity index (χ0n) is 9.77. The summed E-state index contributed by atoms with van der Waals surface area (Å²) in [7, 11) is 0. The lowest BCUT2D eigenvalue weighted by Gasteiger charge is -2.09. The maximum atomic E-state index is 12.1. The number of hydrogen-bond acceptors (Lipinski definition) is 4. The molecule has 1 aromatic carbocycles. The maximum Gasteiger partial charge on any atom is 0.287 e. The molecule has 0 radical (unpaired) electrons. The fraction of sp³-hybridized carbons (Fsp3) is 0.250. The number of fused-ring (bicyclic) bond motifs is 1. The standard InChI is InChI=1S/C12H12F2N2O3/c13-11(14)8(17)5-16-12(18)10-4-6-3-7(15)1-2-9(6)19-10/h1-4,8,11,17H,5,15H2,(H,16,18). The van der Waals surface area contributed by atoms with Crippen LogP contribution in [0.15, 0.2) is 28.7 Å². The highest BCUT2D eigenvalue weighted by Gasteiger charge is 2.19. The van der Waals surface area contributed by atoms with Gasteiger partial charge in [-0.15, -0.1) is 0 Å². The third-order valence-electron chi connectivity index (χ3n) is 2.53. The Morgan fingerprint density at radius 1 is 1.42 bits per heavy atom. The van der Waals surface area contributed by atoms with Crippen LogP contribution in [0.4, 0.5) is 14.5 Å². The van der Waals surface area contributed by atoms with Crippen LogP contribution in [0.5, 0.6) is 0 Å². The zero-order valence-corrected chi connectivity index (χ0v) is 9.77. The lowest BCUT2D eigenvalue weighted by atomic mass is 10.2. The second-order valence-corrected chi connectivity index (χ2v) is 4.02. The Balaban J connectivity index is 2.09. The van der Waals surface area contributed by atoms with E-state index in [0.29, 0.717) is 16.7 Å². The van der Waals surface area contributed by atoms with Crippen LogP contribution in [0.3, 0.4) is 0 Å². The number of anilines is 1. The summed E-state index contributed by atoms with van der Waals surface area (Å²) in [6.45, 7) is -0.546. The van der Waals surface area contributed by atoms with Gasteiger partial charge < -0.3 is 20.6 Å². The molecule has 1 heterocycles. The molecular weight excluding hydrogens is 258 g/mol. The molecule has 7 heteroatoms. The van der Waals surface area contributed by atoms with Crippen molar-refractivity contribution in [3.05, 3.63) is 30.0 Å². The molecule has 1 atom stereocenters. The van der Waals surface area contributed by atoms with Gasteiger partial charge in [0.05, 0.1) is 0 Å². The van der Waals surface area contributed by atoms with Crippen LogP contribution in [0.1, 0.15) is 10.6 Å². The Labute approximate surface area is 107 Å². The van der Waals surface area contributed by atoms with Gasteiger partial charge >= 0.3 is 0 Å². The first-order chi connectivity index (χ1) is 8.97. The minimum absolute atomic E-state index is 0.0259. The number of aliphatic hydroxyl groups excluding tert-OH is 1. The lowest BCUT2D eigenvalue weighted by molar-refractivity contribution is -0.00282. The van der Waals surface area contributed by atoms with Crippen molar-refractivity contribution >= 4 is 22.6 Å². The third kappa shape index (κ3) is 3.00. The number of carbonyl (C=O) groups is 1. The van der Waals surface area contributed by atoms with Crippen molar-refractivity contribution in [3.8, 4) is 0 Å². The maximum absolute atomic E-state index is 12.1. The number of benzene rings is 1. The van der Waals surface area contributed by atoms with E-state index in [1.54, 1.807) is 18.2 Å². The van der Waals surface area contributed by atoms with Crippen LogP contribution in [0.2, 0.25) is 0 Å². The topological polar surface area (TPSA) is 88.5 Å². The quantitative estimate of drug-likeness (QED) is 0.732. The first-order valence-corrected chi connectivity index (χ1v) is 5.51. The van der Waals surface area contributed by atoms with Gasteiger partial charge in [-0.3, -0.25) is 4.79 Å². The predicted octanol–water partition coefficient (Wildman–Crippen LogP) is 1.37. The lowest BCUT2D eigenvalue weighted by Crippen LogP contribution is -2.35. The third-order valence-corrected chi connectivity index (χ3v) is 2.53. The van der Waals surface area contributed by atoms with Gasteiger partial charge in [-0.05, 0) is 24.3 Å². The summed E-state index contributed by atoms with van der Waals surface area (Å²) < 4.78 is 29.3. The highest BCUT2D eigenvalue weighted by Crippen LogP contribution is 2.21. The Hall–Kier alpha value is -2.15. The van der Waals surface area contributed by atoms with Crippen LogP contribution < -0.4 is 11.1 Å². The summed E-state index contributed by atoms with van der Waals surface area (Å²) in [5, 5.41) is 11.7. The van der Waals surface area contributed by atoms with Crippen molar-refractivity contribution in [2.75, 3.05) is 12.3 Å². The molecule has 0 spiro atoms. The summed E-state index contributed by atoms with van der Waals surface area (Å²) in [4.78, 5) is 11.6. The van der Waals surface area contributed by atoms with E-state index in [1.807, 2.05) is 0 Å². The minimum Gasteiger partial charge on any atom is -0.451 e. The summed E-state index contributed by atoms with van der Waals surface area (Å²) in [5.74, 6) is -0.698. The van der Waals surface area contributed by atoms with Crippen LogP contribution in [0.25, 0.3) is 11.0 Å². The number of nitrogens with two attached hydrogens (primary N) is 1. The minimum atomic E-state index is -2.91. The van der Waals surface area contributed by atoms with Crippen LogP contribution in [0, 0.1) is 0 Å². The number of carbonyl (C=O) groups excluding carboxylic acids is 1. The number of nitrogens with one attached hydrogen (secondary N) is 1. The molecule has 2 aromatic rings. The summed E-state index contributed by atoms with van der Waals surface area (Å²) in [5.41, 5.74) is 6.57. The molecule has 4 N–H and O–H groups in total. The van der Waals surface area contributed by atoms with E-state index >= 15 is 0 Å². The Bertz CT molecular complexity index is 598. The van der Waals surface area contributed by atoms with E-state index in [1.165, 1.54) is 6.07 Å². The van der Waals surface area contributed by atoms with Gasteiger partial charge in [0.2, 0.25) is 0 Å². The molecule has 1 aromatic heterocycles. The number of furan rings is 1. The molecule has 19 heavy (non-hydrogen) atoms. The van der Waals surface area contributed by atoms with Crippen LogP contribution >= 0.6 is 0 Å². The van der Waals surface area contributed by atoms with E-state index in [4.69, 9.17) is 15.3 Å². The summed E-state index contributed by atoms with van der Waals surface area (Å²) >= 11 is 0. The summed E-state index contributed by atoms with van der Waals surface area (Å²) in [6.07, 6.45) is -4.81. The number of aliphatic hydroxyl groups is 1. The molecule has 1 amide bonds. The molecule has 5 nitrogen and oxygen atoms in total. The molecule has 2 rings (SSSR count). The van der Waals surface area contributed by atoms with Crippen molar-refractivity contribution in [1.82, 2.24) is 5.32 Å². The fourth-order valence-electron chi connectivity index (χ4n) is 1.55. The second-order valence-electron chi connectivity index (χ2n) is 4.02. The predicted molar refractivity (Wildman–Crippen MR) is 65.0 cm³/mol. The zero-order chi connectivity index (χ0) is 14.0. The van der Waals surface area contributed by atoms with Crippen molar-refractivity contribution < 1.29 is 23.1 Å². The molecule has 0 bridgehead atoms. The van der Waals surface area contributed by atoms with Gasteiger partial charge in [-0.1, -0.05) is 0 Å². The van der Waals surface area contributed by atoms with Crippen LogP contribution in [-0.4, -0.2) is 30.1 Å². The number of hydrogen-bond donors (Lipinski definition) is 3. The van der Waals surface area contributed by atoms with Gasteiger partial charge in [0.15, 0.2) is 5.76 Å². The smallest absolute Gasteiger partial charge is 0.287 e. The Kier molecular flexibility index (Phi) is 3.66. The van der Waals surface area contributed by atoms with Gasteiger partial charge in [0.1, 0.15) is 11.7 Å². The van der Waals surface area contributed by atoms with Crippen molar-refractivity contribution in [2.45, 2.75) is 12.5 Å². The molecule has 0 saturated carbocycles. The molecule has 102 valence electrons. The Morgan fingerprint density at radius 3 is 2.84 bits per heavy atom. The van der Waals surface area contributed by atoms with E-state index in [2.05, 4.69) is 5.32 Å². The van der Waals surface area contributed by atoms with Gasteiger partial charge in [-0.25, -0.2) is 8.78 Å². The van der Waals surface area contributed by atoms with E-state index in [-0.39, 0.29) is 5.76 Å². The second kappa shape index (κ2) is 5.23. The highest BCUT2D eigenvalue weighted by molar-refractivity contribution is 5.96. The molecule has 0 aliphatic rings. The summed E-state index contributed by atoms with van der Waals surface area (Å²) in [6, 6.07) is 6.31. The first kappa shape index (κ1) is 13.3. The fourth-order valence-corrected chi connectivity index (χ4v) is 1.55. The number of alkyl halides is 2. The molecule has 0 aliphatic heterocycles. The van der Waals surface area contributed by atoms with Gasteiger partial charge in [0, 0.05) is 17.6 Å². The average Bonchev–Trinajstić information content (AvgIpc) is 2.78. The van der Waals surface area contributed by atoms with Crippen LogP contribution in [-0.2, 0) is 0 Å². The number of halogens is 2. The number of rotatable bonds is 4. The molecular formula is C12H12F2N2O3. The molecule has 1 unspecified atom stereocenters. The molecule has 0 aliphatic carbocycles. The van der Waals surface area contributed by atoms with Gasteiger partial charge in [-0.2, -0.15) is 0 Å².